The Balaban J connectivity index is 3.08. The summed E-state index contributed by atoms with van der Waals surface area (Å²) in [6, 6.07) is 6.25. The van der Waals surface area contributed by atoms with Crippen LogP contribution in [0.25, 0.3) is 0 Å². The largest absolute Gasteiger partial charge is 0.356 e. The van der Waals surface area contributed by atoms with Crippen molar-refractivity contribution in [2.75, 3.05) is 0 Å². The predicted octanol–water partition coefficient (Wildman–Crippen LogP) is 1.14. The fraction of sp³-hybridized carbons (Fsp3) is 0.250. The SMILES string of the molecule is C[Si](C)(Cl)c1ccc(P(=O)(O)O)cc1. The van der Waals surface area contributed by atoms with Crippen LogP contribution in [-0.4, -0.2) is 17.2 Å². The fourth-order valence-electron chi connectivity index (χ4n) is 1.05. The third-order valence-electron chi connectivity index (χ3n) is 1.89. The van der Waals surface area contributed by atoms with Crippen LogP contribution in [-0.2, 0) is 4.57 Å². The molecule has 1 aromatic rings. The van der Waals surface area contributed by atoms with Crippen LogP contribution in [0.3, 0.4) is 0 Å². The fourth-order valence-corrected chi connectivity index (χ4v) is 2.93. The summed E-state index contributed by atoms with van der Waals surface area (Å²) in [6.45, 7) is 3.92. The van der Waals surface area contributed by atoms with E-state index < -0.39 is 15.0 Å². The molecule has 0 spiro atoms. The van der Waals surface area contributed by atoms with E-state index in [-0.39, 0.29) is 5.30 Å². The van der Waals surface area contributed by atoms with Gasteiger partial charge in [-0.1, -0.05) is 25.2 Å². The van der Waals surface area contributed by atoms with Crippen molar-refractivity contribution in [1.82, 2.24) is 0 Å². The average Bonchev–Trinajstić information content (AvgIpc) is 2.01. The molecule has 1 rings (SSSR count). The van der Waals surface area contributed by atoms with E-state index in [4.69, 9.17) is 20.9 Å². The van der Waals surface area contributed by atoms with Gasteiger partial charge in [0.1, 0.15) is 0 Å². The van der Waals surface area contributed by atoms with E-state index in [0.29, 0.717) is 0 Å². The summed E-state index contributed by atoms with van der Waals surface area (Å²) >= 11 is 6.17. The normalized spacial score (nSPS) is 12.9. The molecule has 0 radical (unpaired) electrons. The molecular formula is C8H12ClO3PSi. The Hall–Kier alpha value is -0.123. The molecule has 6 heteroatoms. The van der Waals surface area contributed by atoms with Crippen LogP contribution in [0.5, 0.6) is 0 Å². The zero-order valence-corrected chi connectivity index (χ0v) is 10.6. The van der Waals surface area contributed by atoms with Gasteiger partial charge in [-0.25, -0.2) is 0 Å². The lowest BCUT2D eigenvalue weighted by atomic mass is 10.4. The third-order valence-corrected chi connectivity index (χ3v) is 5.22. The van der Waals surface area contributed by atoms with E-state index in [9.17, 15) is 4.57 Å². The molecule has 0 fully saturated rings. The molecule has 1 aromatic carbocycles. The highest BCUT2D eigenvalue weighted by atomic mass is 35.6. The summed E-state index contributed by atoms with van der Waals surface area (Å²) in [4.78, 5) is 17.7. The van der Waals surface area contributed by atoms with Gasteiger partial charge in [0.25, 0.3) is 0 Å². The van der Waals surface area contributed by atoms with Gasteiger partial charge in [-0.2, -0.15) is 11.1 Å². The Morgan fingerprint density at radius 2 is 1.64 bits per heavy atom. The van der Waals surface area contributed by atoms with Crippen molar-refractivity contribution in [1.29, 1.82) is 0 Å². The number of hydrogen-bond acceptors (Lipinski definition) is 1. The Kier molecular flexibility index (Phi) is 3.24. The van der Waals surface area contributed by atoms with Crippen molar-refractivity contribution >= 4 is 36.5 Å². The summed E-state index contributed by atoms with van der Waals surface area (Å²) in [7, 11) is -6.01. The highest BCUT2D eigenvalue weighted by Crippen LogP contribution is 2.32. The predicted molar refractivity (Wildman–Crippen MR) is 61.1 cm³/mol. The highest BCUT2D eigenvalue weighted by Gasteiger charge is 2.22. The molecule has 0 unspecified atom stereocenters. The van der Waals surface area contributed by atoms with E-state index in [2.05, 4.69) is 0 Å². The molecule has 0 heterocycles. The molecule has 0 aliphatic carbocycles. The monoisotopic (exact) mass is 250 g/mol. The molecule has 0 saturated carbocycles. The molecule has 0 aliphatic rings. The molecule has 0 bridgehead atoms. The van der Waals surface area contributed by atoms with Gasteiger partial charge in [0.15, 0.2) is 7.38 Å². The third kappa shape index (κ3) is 2.94. The van der Waals surface area contributed by atoms with E-state index in [1.54, 1.807) is 12.1 Å². The van der Waals surface area contributed by atoms with Crippen LogP contribution in [0.4, 0.5) is 0 Å². The zero-order valence-electron chi connectivity index (χ0n) is 7.94. The van der Waals surface area contributed by atoms with Gasteiger partial charge >= 0.3 is 7.60 Å². The van der Waals surface area contributed by atoms with Crippen LogP contribution < -0.4 is 10.5 Å². The summed E-state index contributed by atoms with van der Waals surface area (Å²) in [5.41, 5.74) is 0. The van der Waals surface area contributed by atoms with Crippen LogP contribution in [0, 0.1) is 0 Å². The Labute approximate surface area is 88.6 Å². The highest BCUT2D eigenvalue weighted by molar-refractivity contribution is 7.60. The maximum absolute atomic E-state index is 10.9. The van der Waals surface area contributed by atoms with Gasteiger partial charge in [-0.15, -0.1) is 0 Å². The van der Waals surface area contributed by atoms with E-state index in [0.717, 1.165) is 5.19 Å². The second-order valence-electron chi connectivity index (χ2n) is 3.56. The van der Waals surface area contributed by atoms with Crippen LogP contribution in [0.2, 0.25) is 13.1 Å². The van der Waals surface area contributed by atoms with Crippen LogP contribution >= 0.6 is 18.7 Å². The average molecular weight is 251 g/mol. The Bertz CT molecular complexity index is 365. The van der Waals surface area contributed by atoms with Gasteiger partial charge in [-0.3, -0.25) is 4.57 Å². The van der Waals surface area contributed by atoms with Gasteiger partial charge in [0.05, 0.1) is 5.30 Å². The standard InChI is InChI=1S/C8H12ClO3PSi/c1-14(2,9)8-5-3-7(4-6-8)13(10,11)12/h3-6H,1-2H3,(H2,10,11,12). The number of hydrogen-bond donors (Lipinski definition) is 2. The molecule has 0 aromatic heterocycles. The Morgan fingerprint density at radius 1 is 1.21 bits per heavy atom. The lowest BCUT2D eigenvalue weighted by molar-refractivity contribution is 0.387. The van der Waals surface area contributed by atoms with Crippen LogP contribution in [0.15, 0.2) is 24.3 Å². The smallest absolute Gasteiger partial charge is 0.321 e. The lowest BCUT2D eigenvalue weighted by Gasteiger charge is -2.13. The molecule has 78 valence electrons. The zero-order chi connectivity index (χ0) is 11.0. The molecule has 2 N–H and O–H groups in total. The molecule has 0 aliphatic heterocycles. The Morgan fingerprint density at radius 3 is 1.93 bits per heavy atom. The minimum absolute atomic E-state index is 0.0381. The first kappa shape index (κ1) is 11.9. The van der Waals surface area contributed by atoms with Gasteiger partial charge in [-0.05, 0) is 17.3 Å². The van der Waals surface area contributed by atoms with Crippen molar-refractivity contribution in [3.05, 3.63) is 24.3 Å². The summed E-state index contributed by atoms with van der Waals surface area (Å²) in [6.07, 6.45) is 0. The van der Waals surface area contributed by atoms with Crippen molar-refractivity contribution in [3.8, 4) is 0 Å². The van der Waals surface area contributed by atoms with Crippen molar-refractivity contribution in [3.63, 3.8) is 0 Å². The van der Waals surface area contributed by atoms with Crippen LogP contribution in [0.1, 0.15) is 0 Å². The summed E-state index contributed by atoms with van der Waals surface area (Å²) in [5.74, 6) is 0. The quantitative estimate of drug-likeness (QED) is 0.470. The minimum Gasteiger partial charge on any atom is -0.321 e. The van der Waals surface area contributed by atoms with Gasteiger partial charge in [0, 0.05) is 0 Å². The molecule has 14 heavy (non-hydrogen) atoms. The summed E-state index contributed by atoms with van der Waals surface area (Å²) in [5, 5.41) is 1.01. The van der Waals surface area contributed by atoms with E-state index in [1.807, 2.05) is 13.1 Å². The molecule has 3 nitrogen and oxygen atoms in total. The van der Waals surface area contributed by atoms with Gasteiger partial charge in [0.2, 0.25) is 0 Å². The van der Waals surface area contributed by atoms with Crippen molar-refractivity contribution < 1.29 is 14.4 Å². The second kappa shape index (κ2) is 3.80. The number of halogens is 1. The molecule has 0 amide bonds. The van der Waals surface area contributed by atoms with Gasteiger partial charge < -0.3 is 9.79 Å². The maximum Gasteiger partial charge on any atom is 0.356 e. The lowest BCUT2D eigenvalue weighted by Crippen LogP contribution is -2.35. The number of benzene rings is 1. The summed E-state index contributed by atoms with van der Waals surface area (Å²) < 4.78 is 10.9. The first-order valence-corrected chi connectivity index (χ1v) is 9.69. The first-order valence-electron chi connectivity index (χ1n) is 4.07. The van der Waals surface area contributed by atoms with Crippen molar-refractivity contribution in [2.24, 2.45) is 0 Å². The van der Waals surface area contributed by atoms with Crippen molar-refractivity contribution in [2.45, 2.75) is 13.1 Å². The van der Waals surface area contributed by atoms with E-state index >= 15 is 0 Å². The van der Waals surface area contributed by atoms with E-state index in [1.165, 1.54) is 12.1 Å². The molecule has 0 saturated heterocycles. The first-order chi connectivity index (χ1) is 6.21. The topological polar surface area (TPSA) is 57.5 Å². The number of rotatable bonds is 2. The minimum atomic E-state index is -4.12. The molecular weight excluding hydrogens is 239 g/mol. The maximum atomic E-state index is 10.9. The second-order valence-corrected chi connectivity index (χ2v) is 11.5. The molecule has 0 atom stereocenters.